The van der Waals surface area contributed by atoms with Crippen LogP contribution in [-0.2, 0) is 10.0 Å². The minimum atomic E-state index is -3.77. The minimum absolute atomic E-state index is 0. The van der Waals surface area contributed by atoms with Crippen LogP contribution in [0.5, 0.6) is 5.75 Å². The van der Waals surface area contributed by atoms with Crippen molar-refractivity contribution in [3.05, 3.63) is 22.4 Å². The third-order valence-electron chi connectivity index (χ3n) is 3.16. The van der Waals surface area contributed by atoms with Crippen LogP contribution >= 0.6 is 28.3 Å². The Hall–Kier alpha value is -0.410. The van der Waals surface area contributed by atoms with Crippen LogP contribution in [-0.4, -0.2) is 45.5 Å². The predicted molar refractivity (Wildman–Crippen MR) is 84.1 cm³/mol. The maximum atomic E-state index is 13.7. The molecule has 0 aliphatic carbocycles. The smallest absolute Gasteiger partial charge is 0.246 e. The van der Waals surface area contributed by atoms with Crippen LogP contribution in [0.4, 0.5) is 4.39 Å². The quantitative estimate of drug-likeness (QED) is 0.839. The molecule has 0 amide bonds. The predicted octanol–water partition coefficient (Wildman–Crippen LogP) is 2.00. The lowest BCUT2D eigenvalue weighted by atomic mass is 10.3. The van der Waals surface area contributed by atoms with Crippen LogP contribution in [0.2, 0.25) is 0 Å². The van der Waals surface area contributed by atoms with Crippen molar-refractivity contribution in [2.45, 2.75) is 17.9 Å². The summed E-state index contributed by atoms with van der Waals surface area (Å²) in [5.41, 5.74) is 0. The van der Waals surface area contributed by atoms with E-state index in [0.717, 1.165) is 6.07 Å². The molecule has 1 fully saturated rings. The summed E-state index contributed by atoms with van der Waals surface area (Å²) in [6.45, 7) is 3.18. The molecule has 1 aromatic rings. The summed E-state index contributed by atoms with van der Waals surface area (Å²) in [4.78, 5) is -0.144. The highest BCUT2D eigenvalue weighted by Crippen LogP contribution is 2.32. The van der Waals surface area contributed by atoms with Crippen LogP contribution in [0.3, 0.4) is 0 Å². The van der Waals surface area contributed by atoms with E-state index in [1.54, 1.807) is 0 Å². The zero-order valence-electron chi connectivity index (χ0n) is 11.6. The molecule has 0 saturated carbocycles. The summed E-state index contributed by atoms with van der Waals surface area (Å²) in [5, 5.41) is 3.17. The van der Waals surface area contributed by atoms with Gasteiger partial charge in [0.15, 0.2) is 0 Å². The summed E-state index contributed by atoms with van der Waals surface area (Å²) in [7, 11) is -2.41. The fourth-order valence-corrected chi connectivity index (χ4v) is 4.13. The van der Waals surface area contributed by atoms with Crippen molar-refractivity contribution in [3.8, 4) is 5.75 Å². The molecule has 1 atom stereocenters. The Morgan fingerprint density at radius 2 is 2.14 bits per heavy atom. The van der Waals surface area contributed by atoms with Gasteiger partial charge in [-0.05, 0) is 35.0 Å². The van der Waals surface area contributed by atoms with Crippen molar-refractivity contribution < 1.29 is 17.5 Å². The number of rotatable bonds is 3. The highest BCUT2D eigenvalue weighted by Gasteiger charge is 2.31. The van der Waals surface area contributed by atoms with E-state index in [1.165, 1.54) is 17.5 Å². The van der Waals surface area contributed by atoms with Gasteiger partial charge >= 0.3 is 0 Å². The van der Waals surface area contributed by atoms with Crippen molar-refractivity contribution in [2.75, 3.05) is 26.7 Å². The Bertz CT molecular complexity index is 615. The first-order valence-electron chi connectivity index (χ1n) is 6.13. The van der Waals surface area contributed by atoms with Crippen LogP contribution in [0.25, 0.3) is 0 Å². The molecule has 0 radical (unpaired) electrons. The van der Waals surface area contributed by atoms with E-state index >= 15 is 0 Å². The number of piperazine rings is 1. The van der Waals surface area contributed by atoms with E-state index in [4.69, 9.17) is 4.74 Å². The van der Waals surface area contributed by atoms with Crippen LogP contribution in [0, 0.1) is 5.82 Å². The molecule has 0 spiro atoms. The number of hydrogen-bond donors (Lipinski definition) is 1. The van der Waals surface area contributed by atoms with Gasteiger partial charge in [0, 0.05) is 25.7 Å². The molecular weight excluding hydrogens is 387 g/mol. The molecule has 0 bridgehead atoms. The van der Waals surface area contributed by atoms with Gasteiger partial charge in [-0.3, -0.25) is 0 Å². The lowest BCUT2D eigenvalue weighted by Gasteiger charge is -2.31. The minimum Gasteiger partial charge on any atom is -0.495 e. The maximum Gasteiger partial charge on any atom is 0.246 e. The van der Waals surface area contributed by atoms with Gasteiger partial charge in [0.2, 0.25) is 10.0 Å². The molecular formula is C12H17BrClFN2O3S. The second-order valence-corrected chi connectivity index (χ2v) is 7.40. The molecule has 0 aromatic heterocycles. The van der Waals surface area contributed by atoms with E-state index in [1.807, 2.05) is 6.92 Å². The molecule has 1 heterocycles. The fourth-order valence-electron chi connectivity index (χ4n) is 2.13. The van der Waals surface area contributed by atoms with Gasteiger partial charge in [0.25, 0.3) is 0 Å². The average molecular weight is 404 g/mol. The maximum absolute atomic E-state index is 13.7. The van der Waals surface area contributed by atoms with Gasteiger partial charge < -0.3 is 10.1 Å². The van der Waals surface area contributed by atoms with Gasteiger partial charge in [0.1, 0.15) is 16.5 Å². The Morgan fingerprint density at radius 1 is 1.48 bits per heavy atom. The van der Waals surface area contributed by atoms with Gasteiger partial charge in [-0.2, -0.15) is 4.31 Å². The Morgan fingerprint density at radius 3 is 2.71 bits per heavy atom. The number of methoxy groups -OCH3 is 1. The van der Waals surface area contributed by atoms with E-state index < -0.39 is 15.8 Å². The number of nitrogens with zero attached hydrogens (tertiary/aromatic N) is 1. The number of hydrogen-bond acceptors (Lipinski definition) is 4. The zero-order valence-corrected chi connectivity index (χ0v) is 14.8. The first-order valence-corrected chi connectivity index (χ1v) is 8.36. The van der Waals surface area contributed by atoms with Crippen LogP contribution < -0.4 is 10.1 Å². The summed E-state index contributed by atoms with van der Waals surface area (Å²) >= 11 is 3.02. The molecule has 5 nitrogen and oxygen atoms in total. The SMILES string of the molecule is COc1cc(Br)c(F)cc1S(=O)(=O)N1CCNC(C)C1.Cl. The molecule has 1 aliphatic rings. The zero-order chi connectivity index (χ0) is 14.9. The summed E-state index contributed by atoms with van der Waals surface area (Å²) in [6, 6.07) is 2.38. The second kappa shape index (κ2) is 7.23. The topological polar surface area (TPSA) is 58.6 Å². The average Bonchev–Trinajstić information content (AvgIpc) is 2.41. The first-order chi connectivity index (χ1) is 9.36. The van der Waals surface area contributed by atoms with Gasteiger partial charge in [0.05, 0.1) is 11.6 Å². The van der Waals surface area contributed by atoms with Crippen molar-refractivity contribution in [1.82, 2.24) is 9.62 Å². The molecule has 1 aromatic carbocycles. The number of benzene rings is 1. The van der Waals surface area contributed by atoms with Gasteiger partial charge in [-0.15, -0.1) is 12.4 Å². The molecule has 1 aliphatic heterocycles. The normalized spacial score (nSPS) is 19.9. The third-order valence-corrected chi connectivity index (χ3v) is 5.65. The lowest BCUT2D eigenvalue weighted by Crippen LogP contribution is -2.51. The summed E-state index contributed by atoms with van der Waals surface area (Å²) < 4.78 is 45.5. The highest BCUT2D eigenvalue weighted by atomic mass is 79.9. The van der Waals surface area contributed by atoms with Crippen molar-refractivity contribution in [2.24, 2.45) is 0 Å². The highest BCUT2D eigenvalue weighted by molar-refractivity contribution is 9.10. The standard InChI is InChI=1S/C12H16BrFN2O3S.ClH/c1-8-7-16(4-3-15-8)20(17,18)12-6-10(14)9(13)5-11(12)19-2;/h5-6,8,15H,3-4,7H2,1-2H3;1H. The number of halogens is 3. The summed E-state index contributed by atoms with van der Waals surface area (Å²) in [5.74, 6) is -0.503. The largest absolute Gasteiger partial charge is 0.495 e. The van der Waals surface area contributed by atoms with E-state index in [9.17, 15) is 12.8 Å². The molecule has 21 heavy (non-hydrogen) atoms. The van der Waals surface area contributed by atoms with E-state index in [2.05, 4.69) is 21.2 Å². The Labute approximate surface area is 138 Å². The van der Waals surface area contributed by atoms with E-state index in [-0.39, 0.29) is 33.6 Å². The van der Waals surface area contributed by atoms with Crippen molar-refractivity contribution in [3.63, 3.8) is 0 Å². The Kier molecular flexibility index (Phi) is 6.42. The fraction of sp³-hybridized carbons (Fsp3) is 0.500. The molecule has 2 rings (SSSR count). The van der Waals surface area contributed by atoms with Gasteiger partial charge in [-0.1, -0.05) is 0 Å². The molecule has 9 heteroatoms. The second-order valence-electron chi connectivity index (χ2n) is 4.64. The molecule has 1 N–H and O–H groups in total. The van der Waals surface area contributed by atoms with Crippen molar-refractivity contribution in [1.29, 1.82) is 0 Å². The molecule has 1 saturated heterocycles. The van der Waals surface area contributed by atoms with Gasteiger partial charge in [-0.25, -0.2) is 12.8 Å². The number of ether oxygens (including phenoxy) is 1. The molecule has 120 valence electrons. The molecule has 1 unspecified atom stereocenters. The first kappa shape index (κ1) is 18.6. The lowest BCUT2D eigenvalue weighted by molar-refractivity contribution is 0.308. The van der Waals surface area contributed by atoms with Crippen LogP contribution in [0.1, 0.15) is 6.92 Å². The van der Waals surface area contributed by atoms with Crippen molar-refractivity contribution >= 4 is 38.4 Å². The Balaban J connectivity index is 0.00000220. The number of sulfonamides is 1. The summed E-state index contributed by atoms with van der Waals surface area (Å²) in [6.07, 6.45) is 0. The third kappa shape index (κ3) is 3.87. The monoisotopic (exact) mass is 402 g/mol. The van der Waals surface area contributed by atoms with Crippen LogP contribution in [0.15, 0.2) is 21.5 Å². The van der Waals surface area contributed by atoms with E-state index in [0.29, 0.717) is 19.6 Å². The number of nitrogens with one attached hydrogen (secondary N) is 1.